The van der Waals surface area contributed by atoms with Crippen LogP contribution >= 0.6 is 0 Å². The fourth-order valence-electron chi connectivity index (χ4n) is 3.93. The third-order valence-corrected chi connectivity index (χ3v) is 4.92. The van der Waals surface area contributed by atoms with E-state index in [9.17, 15) is 4.79 Å². The quantitative estimate of drug-likeness (QED) is 0.776. The van der Waals surface area contributed by atoms with Crippen LogP contribution in [0.25, 0.3) is 10.9 Å². The summed E-state index contributed by atoms with van der Waals surface area (Å²) in [5, 5.41) is 1.20. The van der Waals surface area contributed by atoms with Crippen LogP contribution in [0, 0.1) is 0 Å². The van der Waals surface area contributed by atoms with Crippen LogP contribution in [0.4, 0.5) is 0 Å². The van der Waals surface area contributed by atoms with E-state index in [4.69, 9.17) is 0 Å². The van der Waals surface area contributed by atoms with E-state index in [1.807, 2.05) is 19.2 Å². The zero-order valence-corrected chi connectivity index (χ0v) is 12.3. The first-order valence-electron chi connectivity index (χ1n) is 7.75. The van der Waals surface area contributed by atoms with Crippen LogP contribution in [0.2, 0.25) is 0 Å². The molecule has 0 radical (unpaired) electrons. The normalized spacial score (nSPS) is 24.0. The standard InChI is InChI=1S/C18H20N2O/c1-19-12-13(16-7-2-3-8-17(16)19)11-18(21)20-14-5-4-6-15(20)10-9-14/h2-5,7-8,12,14-15H,6,9-11H2,1H3. The minimum Gasteiger partial charge on any atom is -0.350 e. The van der Waals surface area contributed by atoms with Crippen molar-refractivity contribution in [3.8, 4) is 0 Å². The molecule has 2 aliphatic heterocycles. The number of carbonyl (C=O) groups excluding carboxylic acids is 1. The molecule has 1 aromatic heterocycles. The molecule has 0 N–H and O–H groups in total. The number of amides is 1. The summed E-state index contributed by atoms with van der Waals surface area (Å²) in [4.78, 5) is 14.9. The molecule has 4 rings (SSSR count). The Bertz CT molecular complexity index is 728. The third kappa shape index (κ3) is 1.99. The average Bonchev–Trinajstić information content (AvgIpc) is 2.94. The molecule has 3 nitrogen and oxygen atoms in total. The summed E-state index contributed by atoms with van der Waals surface area (Å²) in [5.74, 6) is 0.281. The molecular weight excluding hydrogens is 260 g/mol. The van der Waals surface area contributed by atoms with Crippen LogP contribution in [0.1, 0.15) is 24.8 Å². The van der Waals surface area contributed by atoms with Crippen LogP contribution in [0.3, 0.4) is 0 Å². The van der Waals surface area contributed by atoms with E-state index < -0.39 is 0 Å². The number of hydrogen-bond donors (Lipinski definition) is 0. The highest BCUT2D eigenvalue weighted by Gasteiger charge is 2.36. The number of aryl methyl sites for hydroxylation is 1. The predicted molar refractivity (Wildman–Crippen MR) is 84.0 cm³/mol. The van der Waals surface area contributed by atoms with Crippen LogP contribution < -0.4 is 0 Å². The molecule has 2 aliphatic rings. The second-order valence-electron chi connectivity index (χ2n) is 6.22. The third-order valence-electron chi connectivity index (χ3n) is 4.92. The van der Waals surface area contributed by atoms with Crippen molar-refractivity contribution in [1.29, 1.82) is 0 Å². The molecule has 108 valence electrons. The first-order chi connectivity index (χ1) is 10.2. The van der Waals surface area contributed by atoms with E-state index in [0.29, 0.717) is 18.5 Å². The maximum absolute atomic E-state index is 12.8. The van der Waals surface area contributed by atoms with Gasteiger partial charge in [-0.1, -0.05) is 30.4 Å². The highest BCUT2D eigenvalue weighted by molar-refractivity contribution is 5.89. The minimum absolute atomic E-state index is 0.281. The first kappa shape index (κ1) is 12.7. The number of para-hydroxylation sites is 1. The molecule has 2 bridgehead atoms. The number of aromatic nitrogens is 1. The van der Waals surface area contributed by atoms with Gasteiger partial charge in [-0.05, 0) is 30.9 Å². The van der Waals surface area contributed by atoms with Crippen molar-refractivity contribution in [2.24, 2.45) is 7.05 Å². The minimum atomic E-state index is 0.281. The van der Waals surface area contributed by atoms with Crippen molar-refractivity contribution in [2.75, 3.05) is 0 Å². The Kier molecular flexibility index (Phi) is 2.88. The van der Waals surface area contributed by atoms with Crippen LogP contribution in [0.5, 0.6) is 0 Å². The van der Waals surface area contributed by atoms with E-state index in [2.05, 4.69) is 39.9 Å². The molecule has 2 atom stereocenters. The van der Waals surface area contributed by atoms with E-state index in [1.54, 1.807) is 0 Å². The Balaban J connectivity index is 1.63. The number of nitrogens with zero attached hydrogens (tertiary/aromatic N) is 2. The van der Waals surface area contributed by atoms with Crippen molar-refractivity contribution < 1.29 is 4.79 Å². The average molecular weight is 280 g/mol. The lowest BCUT2D eigenvalue weighted by molar-refractivity contribution is -0.132. The number of carbonyl (C=O) groups is 1. The van der Waals surface area contributed by atoms with Gasteiger partial charge < -0.3 is 9.47 Å². The van der Waals surface area contributed by atoms with Crippen LogP contribution in [-0.2, 0) is 18.3 Å². The summed E-state index contributed by atoms with van der Waals surface area (Å²) in [6.07, 6.45) is 10.4. The Hall–Kier alpha value is -2.03. The molecule has 2 unspecified atom stereocenters. The summed E-state index contributed by atoms with van der Waals surface area (Å²) in [6, 6.07) is 9.08. The highest BCUT2D eigenvalue weighted by Crippen LogP contribution is 2.32. The van der Waals surface area contributed by atoms with Crippen molar-refractivity contribution >= 4 is 16.8 Å². The lowest BCUT2D eigenvalue weighted by Crippen LogP contribution is -2.42. The first-order valence-corrected chi connectivity index (χ1v) is 7.75. The fourth-order valence-corrected chi connectivity index (χ4v) is 3.93. The molecule has 0 aliphatic carbocycles. The molecule has 1 amide bonds. The summed E-state index contributed by atoms with van der Waals surface area (Å²) in [5.41, 5.74) is 2.34. The van der Waals surface area contributed by atoms with Gasteiger partial charge >= 0.3 is 0 Å². The van der Waals surface area contributed by atoms with Crippen molar-refractivity contribution in [2.45, 2.75) is 37.8 Å². The smallest absolute Gasteiger partial charge is 0.227 e. The molecule has 1 aromatic carbocycles. The number of fused-ring (bicyclic) bond motifs is 3. The molecule has 0 spiro atoms. The second kappa shape index (κ2) is 4.76. The van der Waals surface area contributed by atoms with Crippen molar-refractivity contribution in [3.05, 3.63) is 48.2 Å². The molecule has 21 heavy (non-hydrogen) atoms. The maximum Gasteiger partial charge on any atom is 0.227 e. The number of rotatable bonds is 2. The lowest BCUT2D eigenvalue weighted by Gasteiger charge is -2.31. The van der Waals surface area contributed by atoms with Gasteiger partial charge in [0.25, 0.3) is 0 Å². The van der Waals surface area contributed by atoms with Gasteiger partial charge in [0, 0.05) is 30.2 Å². The number of benzene rings is 1. The Morgan fingerprint density at radius 3 is 3.00 bits per heavy atom. The van der Waals surface area contributed by atoms with Gasteiger partial charge in [0.15, 0.2) is 0 Å². The van der Waals surface area contributed by atoms with Crippen molar-refractivity contribution in [1.82, 2.24) is 9.47 Å². The summed E-state index contributed by atoms with van der Waals surface area (Å²) in [6.45, 7) is 0. The monoisotopic (exact) mass is 280 g/mol. The lowest BCUT2D eigenvalue weighted by atomic mass is 10.1. The Labute approximate surface area is 124 Å². The van der Waals surface area contributed by atoms with Gasteiger partial charge in [-0.25, -0.2) is 0 Å². The van der Waals surface area contributed by atoms with E-state index in [0.717, 1.165) is 24.8 Å². The van der Waals surface area contributed by atoms with E-state index in [-0.39, 0.29) is 5.91 Å². The largest absolute Gasteiger partial charge is 0.350 e. The molecule has 3 heterocycles. The van der Waals surface area contributed by atoms with Gasteiger partial charge in [-0.3, -0.25) is 4.79 Å². The van der Waals surface area contributed by atoms with E-state index >= 15 is 0 Å². The fraction of sp³-hybridized carbons (Fsp3) is 0.389. The van der Waals surface area contributed by atoms with Gasteiger partial charge in [0.05, 0.1) is 12.5 Å². The van der Waals surface area contributed by atoms with Gasteiger partial charge in [-0.15, -0.1) is 0 Å². The summed E-state index contributed by atoms with van der Waals surface area (Å²) >= 11 is 0. The zero-order valence-electron chi connectivity index (χ0n) is 12.3. The van der Waals surface area contributed by atoms with Gasteiger partial charge in [0.1, 0.15) is 0 Å². The summed E-state index contributed by atoms with van der Waals surface area (Å²) in [7, 11) is 2.05. The van der Waals surface area contributed by atoms with Crippen molar-refractivity contribution in [3.63, 3.8) is 0 Å². The SMILES string of the molecule is Cn1cc(CC(=O)N2C3C=CCC2CC3)c2ccccc21. The van der Waals surface area contributed by atoms with Gasteiger partial charge in [0.2, 0.25) is 5.91 Å². The maximum atomic E-state index is 12.8. The Morgan fingerprint density at radius 1 is 1.29 bits per heavy atom. The summed E-state index contributed by atoms with van der Waals surface area (Å²) < 4.78 is 2.11. The molecule has 2 aromatic rings. The Morgan fingerprint density at radius 2 is 2.14 bits per heavy atom. The molecule has 0 saturated carbocycles. The molecular formula is C18H20N2O. The number of hydrogen-bond acceptors (Lipinski definition) is 1. The molecule has 1 fully saturated rings. The van der Waals surface area contributed by atoms with Crippen LogP contribution in [-0.4, -0.2) is 27.5 Å². The molecule has 3 heteroatoms. The van der Waals surface area contributed by atoms with Gasteiger partial charge in [-0.2, -0.15) is 0 Å². The predicted octanol–water partition coefficient (Wildman–Crippen LogP) is 3.04. The van der Waals surface area contributed by atoms with Crippen LogP contribution in [0.15, 0.2) is 42.6 Å². The second-order valence-corrected chi connectivity index (χ2v) is 6.22. The molecule has 1 saturated heterocycles. The zero-order chi connectivity index (χ0) is 14.4. The van der Waals surface area contributed by atoms with E-state index in [1.165, 1.54) is 10.9 Å². The highest BCUT2D eigenvalue weighted by atomic mass is 16.2. The topological polar surface area (TPSA) is 25.2 Å².